The molecule has 6 heteroatoms. The monoisotopic (exact) mass is 422 g/mol. The molecule has 1 heterocycles. The predicted octanol–water partition coefficient (Wildman–Crippen LogP) is 6.25. The van der Waals surface area contributed by atoms with Gasteiger partial charge in [0, 0.05) is 10.6 Å². The Kier molecular flexibility index (Phi) is 5.51. The first kappa shape index (κ1) is 19.4. The third-order valence-corrected chi connectivity index (χ3v) is 5.77. The Morgan fingerprint density at radius 2 is 1.93 bits per heavy atom. The van der Waals surface area contributed by atoms with Gasteiger partial charge in [0.1, 0.15) is 10.8 Å². The average Bonchev–Trinajstić information content (AvgIpc) is 3.13. The molecule has 0 atom stereocenters. The largest absolute Gasteiger partial charge is 0.483 e. The average molecular weight is 423 g/mol. The van der Waals surface area contributed by atoms with Gasteiger partial charge in [-0.2, -0.15) is 0 Å². The topological polar surface area (TPSA) is 51.2 Å². The highest BCUT2D eigenvalue weighted by Crippen LogP contribution is 2.36. The second-order valence-corrected chi connectivity index (χ2v) is 8.25. The Balaban J connectivity index is 1.54. The Morgan fingerprint density at radius 3 is 2.72 bits per heavy atom. The van der Waals surface area contributed by atoms with Crippen molar-refractivity contribution in [2.24, 2.45) is 0 Å². The lowest BCUT2D eigenvalue weighted by Crippen LogP contribution is -2.20. The Bertz CT molecular complexity index is 1170. The summed E-state index contributed by atoms with van der Waals surface area (Å²) in [5, 5.41) is 4.32. The van der Waals surface area contributed by atoms with Crippen LogP contribution >= 0.6 is 22.9 Å². The fraction of sp³-hybridized carbons (Fsp3) is 0.130. The number of nitrogens with zero attached hydrogens (tertiary/aromatic N) is 1. The molecule has 0 aliphatic heterocycles. The van der Waals surface area contributed by atoms with Crippen molar-refractivity contribution >= 4 is 44.7 Å². The molecule has 1 N–H and O–H groups in total. The number of ether oxygens (including phenoxy) is 1. The second-order valence-electron chi connectivity index (χ2n) is 6.78. The van der Waals surface area contributed by atoms with Gasteiger partial charge < -0.3 is 10.1 Å². The number of hydrogen-bond donors (Lipinski definition) is 1. The minimum atomic E-state index is -0.241. The maximum Gasteiger partial charge on any atom is 0.262 e. The number of thiazole rings is 1. The van der Waals surface area contributed by atoms with Gasteiger partial charge >= 0.3 is 0 Å². The molecule has 0 spiro atoms. The number of anilines is 1. The van der Waals surface area contributed by atoms with E-state index in [1.807, 2.05) is 62.4 Å². The normalized spacial score (nSPS) is 10.9. The number of aryl methyl sites for hydroxylation is 2. The minimum Gasteiger partial charge on any atom is -0.483 e. The molecule has 0 aliphatic rings. The Hall–Kier alpha value is -2.89. The summed E-state index contributed by atoms with van der Waals surface area (Å²) in [5.41, 5.74) is 4.52. The molecule has 0 saturated heterocycles. The number of carbonyl (C=O) groups excluding carboxylic acids is 1. The summed E-state index contributed by atoms with van der Waals surface area (Å²) in [4.78, 5) is 17.2. The summed E-state index contributed by atoms with van der Waals surface area (Å²) in [7, 11) is 0. The van der Waals surface area contributed by atoms with Gasteiger partial charge in [-0.25, -0.2) is 4.98 Å². The fourth-order valence-electron chi connectivity index (χ4n) is 3.08. The van der Waals surface area contributed by atoms with Gasteiger partial charge in [0.25, 0.3) is 5.91 Å². The number of aromatic nitrogens is 1. The number of fused-ring (bicyclic) bond motifs is 1. The highest BCUT2D eigenvalue weighted by Gasteiger charge is 2.14. The van der Waals surface area contributed by atoms with Crippen LogP contribution in [0.15, 0.2) is 60.7 Å². The van der Waals surface area contributed by atoms with Gasteiger partial charge in [-0.3, -0.25) is 4.79 Å². The molecule has 0 aliphatic carbocycles. The number of carbonyl (C=O) groups is 1. The SMILES string of the molecule is Cc1ccc(OCC(=O)Nc2ccc(Cl)cc2-c2nc3ccccc3s2)c(C)c1. The van der Waals surface area contributed by atoms with Crippen molar-refractivity contribution in [3.63, 3.8) is 0 Å². The van der Waals surface area contributed by atoms with Crippen molar-refractivity contribution in [3.8, 4) is 16.3 Å². The molecule has 4 aromatic rings. The van der Waals surface area contributed by atoms with Crippen LogP contribution in [0.1, 0.15) is 11.1 Å². The maximum absolute atomic E-state index is 12.5. The fourth-order valence-corrected chi connectivity index (χ4v) is 4.25. The van der Waals surface area contributed by atoms with E-state index in [1.165, 1.54) is 0 Å². The van der Waals surface area contributed by atoms with Crippen LogP contribution in [0.5, 0.6) is 5.75 Å². The number of hydrogen-bond acceptors (Lipinski definition) is 4. The third kappa shape index (κ3) is 4.42. The van der Waals surface area contributed by atoms with E-state index in [0.29, 0.717) is 16.5 Å². The van der Waals surface area contributed by atoms with E-state index < -0.39 is 0 Å². The molecule has 1 aromatic heterocycles. The molecule has 0 fully saturated rings. The van der Waals surface area contributed by atoms with Crippen LogP contribution in [0.25, 0.3) is 20.8 Å². The molecule has 4 nitrogen and oxygen atoms in total. The molecule has 4 rings (SSSR count). The minimum absolute atomic E-state index is 0.0776. The van der Waals surface area contributed by atoms with Crippen molar-refractivity contribution in [1.29, 1.82) is 0 Å². The number of nitrogens with one attached hydrogen (secondary N) is 1. The van der Waals surface area contributed by atoms with E-state index in [-0.39, 0.29) is 12.5 Å². The highest BCUT2D eigenvalue weighted by atomic mass is 35.5. The van der Waals surface area contributed by atoms with Gasteiger partial charge in [0.2, 0.25) is 0 Å². The van der Waals surface area contributed by atoms with Gasteiger partial charge in [-0.05, 0) is 55.8 Å². The molecule has 146 valence electrons. The van der Waals surface area contributed by atoms with E-state index in [0.717, 1.165) is 31.9 Å². The van der Waals surface area contributed by atoms with Crippen LogP contribution in [-0.4, -0.2) is 17.5 Å². The summed E-state index contributed by atoms with van der Waals surface area (Å²) >= 11 is 7.77. The maximum atomic E-state index is 12.5. The van der Waals surface area contributed by atoms with Gasteiger partial charge in [-0.15, -0.1) is 11.3 Å². The van der Waals surface area contributed by atoms with E-state index in [2.05, 4.69) is 10.3 Å². The molecule has 0 unspecified atom stereocenters. The molecule has 3 aromatic carbocycles. The van der Waals surface area contributed by atoms with Crippen LogP contribution in [0.3, 0.4) is 0 Å². The van der Waals surface area contributed by atoms with Crippen LogP contribution in [-0.2, 0) is 4.79 Å². The van der Waals surface area contributed by atoms with Crippen LogP contribution in [0.2, 0.25) is 5.02 Å². The summed E-state index contributed by atoms with van der Waals surface area (Å²) in [6.07, 6.45) is 0. The van der Waals surface area contributed by atoms with E-state index in [9.17, 15) is 4.79 Å². The molecule has 0 bridgehead atoms. The number of rotatable bonds is 5. The zero-order valence-electron chi connectivity index (χ0n) is 16.0. The zero-order valence-corrected chi connectivity index (χ0v) is 17.6. The first-order valence-electron chi connectivity index (χ1n) is 9.15. The molecule has 0 saturated carbocycles. The quantitative estimate of drug-likeness (QED) is 0.413. The number of para-hydroxylation sites is 1. The first-order valence-corrected chi connectivity index (χ1v) is 10.3. The molecular formula is C23H19ClN2O2S. The van der Waals surface area contributed by atoms with E-state index in [1.54, 1.807) is 23.5 Å². The van der Waals surface area contributed by atoms with Gasteiger partial charge in [0.15, 0.2) is 6.61 Å². The molecule has 29 heavy (non-hydrogen) atoms. The second kappa shape index (κ2) is 8.23. The number of benzene rings is 3. The standard InChI is InChI=1S/C23H19ClN2O2S/c1-14-7-10-20(15(2)11-14)28-13-22(27)25-18-9-8-16(24)12-17(18)23-26-19-5-3-4-6-21(19)29-23/h3-12H,13H2,1-2H3,(H,25,27). The lowest BCUT2D eigenvalue weighted by molar-refractivity contribution is -0.118. The number of halogens is 1. The van der Waals surface area contributed by atoms with Gasteiger partial charge in [0.05, 0.1) is 15.9 Å². The lowest BCUT2D eigenvalue weighted by atomic mass is 10.1. The predicted molar refractivity (Wildman–Crippen MR) is 120 cm³/mol. The molecular weight excluding hydrogens is 404 g/mol. The summed E-state index contributed by atoms with van der Waals surface area (Å²) in [5.74, 6) is 0.461. The smallest absolute Gasteiger partial charge is 0.262 e. The summed E-state index contributed by atoms with van der Waals surface area (Å²) < 4.78 is 6.77. The Labute approximate surface area is 178 Å². The van der Waals surface area contributed by atoms with Crippen molar-refractivity contribution in [2.45, 2.75) is 13.8 Å². The Morgan fingerprint density at radius 1 is 1.10 bits per heavy atom. The van der Waals surface area contributed by atoms with Crippen molar-refractivity contribution in [3.05, 3.63) is 76.8 Å². The van der Waals surface area contributed by atoms with Crippen LogP contribution in [0.4, 0.5) is 5.69 Å². The van der Waals surface area contributed by atoms with Crippen molar-refractivity contribution in [1.82, 2.24) is 4.98 Å². The zero-order chi connectivity index (χ0) is 20.4. The first-order chi connectivity index (χ1) is 14.0. The number of amides is 1. The van der Waals surface area contributed by atoms with E-state index >= 15 is 0 Å². The lowest BCUT2D eigenvalue weighted by Gasteiger charge is -2.12. The highest BCUT2D eigenvalue weighted by molar-refractivity contribution is 7.21. The van der Waals surface area contributed by atoms with Crippen LogP contribution < -0.4 is 10.1 Å². The summed E-state index contributed by atoms with van der Waals surface area (Å²) in [6.45, 7) is 3.91. The molecule has 1 amide bonds. The van der Waals surface area contributed by atoms with Crippen molar-refractivity contribution in [2.75, 3.05) is 11.9 Å². The van der Waals surface area contributed by atoms with Crippen molar-refractivity contribution < 1.29 is 9.53 Å². The van der Waals surface area contributed by atoms with Gasteiger partial charge in [-0.1, -0.05) is 41.4 Å². The third-order valence-electron chi connectivity index (χ3n) is 4.47. The van der Waals surface area contributed by atoms with Crippen LogP contribution in [0, 0.1) is 13.8 Å². The van der Waals surface area contributed by atoms with E-state index in [4.69, 9.17) is 16.3 Å². The molecule has 0 radical (unpaired) electrons. The summed E-state index contributed by atoms with van der Waals surface area (Å²) in [6, 6.07) is 19.2.